The Morgan fingerprint density at radius 1 is 0.895 bits per heavy atom. The second-order valence-corrected chi connectivity index (χ2v) is 10.3. The summed E-state index contributed by atoms with van der Waals surface area (Å²) in [7, 11) is -4.04. The first-order valence-electron chi connectivity index (χ1n) is 11.4. The SMILES string of the molecule is Cc1nn(-c2ccc3onc(N)c3c2)c2c(F)c(-c3ccc(-c4ccccc4S(N)(=O)=O)cc3F)ccc12. The zero-order valence-corrected chi connectivity index (χ0v) is 20.6. The maximum absolute atomic E-state index is 16.1. The van der Waals surface area contributed by atoms with E-state index in [4.69, 9.17) is 15.4 Å². The van der Waals surface area contributed by atoms with Crippen LogP contribution in [0.25, 0.3) is 49.8 Å². The third kappa shape index (κ3) is 3.71. The van der Waals surface area contributed by atoms with E-state index in [0.717, 1.165) is 6.07 Å². The van der Waals surface area contributed by atoms with E-state index in [-0.39, 0.29) is 38.5 Å². The number of anilines is 1. The van der Waals surface area contributed by atoms with Gasteiger partial charge in [-0.15, -0.1) is 0 Å². The van der Waals surface area contributed by atoms with Crippen LogP contribution in [0, 0.1) is 18.6 Å². The normalized spacial score (nSPS) is 12.0. The number of fused-ring (bicyclic) bond motifs is 2. The second-order valence-electron chi connectivity index (χ2n) is 8.80. The Morgan fingerprint density at radius 2 is 1.66 bits per heavy atom. The van der Waals surface area contributed by atoms with E-state index in [0.29, 0.717) is 27.7 Å². The number of hydrogen-bond acceptors (Lipinski definition) is 6. The molecule has 38 heavy (non-hydrogen) atoms. The molecule has 0 radical (unpaired) electrons. The van der Waals surface area contributed by atoms with Crippen LogP contribution in [-0.2, 0) is 10.0 Å². The molecular weight excluding hydrogens is 512 g/mol. The summed E-state index contributed by atoms with van der Waals surface area (Å²) < 4.78 is 62.1. The predicted molar refractivity (Wildman–Crippen MR) is 140 cm³/mol. The Labute approximate surface area is 215 Å². The lowest BCUT2D eigenvalue weighted by molar-refractivity contribution is 0.460. The molecule has 6 aromatic rings. The van der Waals surface area contributed by atoms with Crippen molar-refractivity contribution in [2.45, 2.75) is 11.8 Å². The average molecular weight is 532 g/mol. The highest BCUT2D eigenvalue weighted by Crippen LogP contribution is 2.36. The largest absolute Gasteiger partial charge is 0.380 e. The summed E-state index contributed by atoms with van der Waals surface area (Å²) in [6.07, 6.45) is 0. The fourth-order valence-electron chi connectivity index (χ4n) is 4.64. The van der Waals surface area contributed by atoms with E-state index >= 15 is 8.78 Å². The standard InChI is InChI=1S/C27H19F2N5O3S/c1-14-17-9-10-20(19-8-6-15(12-22(19)28)18-4-2-3-5-24(18)38(31,35)36)25(29)26(17)34(32-14)16-7-11-23-21(13-16)27(30)33-37-23/h2-13H,1H3,(H2,30,33)(H2,31,35,36). The molecule has 0 saturated carbocycles. The van der Waals surface area contributed by atoms with Crippen LogP contribution in [0.2, 0.25) is 0 Å². The van der Waals surface area contributed by atoms with Crippen LogP contribution in [0.5, 0.6) is 0 Å². The number of benzene rings is 4. The topological polar surface area (TPSA) is 130 Å². The summed E-state index contributed by atoms with van der Waals surface area (Å²) in [6.45, 7) is 1.75. The molecule has 0 aliphatic rings. The molecule has 8 nitrogen and oxygen atoms in total. The van der Waals surface area contributed by atoms with Crippen LogP contribution in [-0.4, -0.2) is 23.4 Å². The van der Waals surface area contributed by atoms with Crippen LogP contribution in [0.15, 0.2) is 82.2 Å². The summed E-state index contributed by atoms with van der Waals surface area (Å²) in [6, 6.07) is 18.3. The first kappa shape index (κ1) is 23.8. The van der Waals surface area contributed by atoms with Crippen molar-refractivity contribution in [3.8, 4) is 27.9 Å². The minimum atomic E-state index is -4.04. The molecule has 0 spiro atoms. The predicted octanol–water partition coefficient (Wildman–Crippen LogP) is 5.32. The van der Waals surface area contributed by atoms with Crippen LogP contribution in [0.1, 0.15) is 5.69 Å². The van der Waals surface area contributed by atoms with Gasteiger partial charge in [0.15, 0.2) is 17.2 Å². The molecule has 0 amide bonds. The maximum atomic E-state index is 16.1. The molecule has 0 atom stereocenters. The van der Waals surface area contributed by atoms with E-state index in [1.165, 1.54) is 41.1 Å². The van der Waals surface area contributed by atoms with E-state index in [2.05, 4.69) is 10.3 Å². The summed E-state index contributed by atoms with van der Waals surface area (Å²) in [5.74, 6) is -1.20. The van der Waals surface area contributed by atoms with Crippen molar-refractivity contribution in [2.24, 2.45) is 5.14 Å². The fourth-order valence-corrected chi connectivity index (χ4v) is 5.40. The van der Waals surface area contributed by atoms with Gasteiger partial charge in [-0.1, -0.05) is 47.6 Å². The first-order valence-corrected chi connectivity index (χ1v) is 12.9. The minimum absolute atomic E-state index is 0.00497. The Morgan fingerprint density at radius 3 is 2.42 bits per heavy atom. The Bertz CT molecular complexity index is 2020. The van der Waals surface area contributed by atoms with Gasteiger partial charge in [0, 0.05) is 22.1 Å². The molecule has 190 valence electrons. The van der Waals surface area contributed by atoms with Crippen LogP contribution < -0.4 is 10.9 Å². The average Bonchev–Trinajstić information content (AvgIpc) is 3.44. The Balaban J connectivity index is 1.51. The van der Waals surface area contributed by atoms with Gasteiger partial charge in [0.2, 0.25) is 10.0 Å². The molecule has 2 aromatic heterocycles. The quantitative estimate of drug-likeness (QED) is 0.317. The molecule has 0 bridgehead atoms. The number of primary sulfonamides is 1. The van der Waals surface area contributed by atoms with E-state index in [1.54, 1.807) is 37.3 Å². The van der Waals surface area contributed by atoms with Crippen LogP contribution in [0.4, 0.5) is 14.6 Å². The smallest absolute Gasteiger partial charge is 0.238 e. The molecule has 0 aliphatic heterocycles. The molecule has 0 aliphatic carbocycles. The molecule has 0 fully saturated rings. The van der Waals surface area contributed by atoms with Gasteiger partial charge in [-0.3, -0.25) is 0 Å². The van der Waals surface area contributed by atoms with Crippen molar-refractivity contribution in [2.75, 3.05) is 5.73 Å². The summed E-state index contributed by atoms with van der Waals surface area (Å²) >= 11 is 0. The number of hydrogen-bond donors (Lipinski definition) is 2. The molecular formula is C27H19F2N5O3S. The third-order valence-electron chi connectivity index (χ3n) is 6.46. The number of aryl methyl sites for hydroxylation is 1. The highest BCUT2D eigenvalue weighted by atomic mass is 32.2. The molecule has 0 saturated heterocycles. The number of halogens is 2. The molecule has 2 heterocycles. The summed E-state index contributed by atoms with van der Waals surface area (Å²) in [5, 5.41) is 14.7. The molecule has 11 heteroatoms. The van der Waals surface area contributed by atoms with Crippen molar-refractivity contribution in [1.82, 2.24) is 14.9 Å². The first-order chi connectivity index (χ1) is 18.1. The number of nitrogens with zero attached hydrogens (tertiary/aromatic N) is 3. The zero-order valence-electron chi connectivity index (χ0n) is 19.8. The lowest BCUT2D eigenvalue weighted by Crippen LogP contribution is -2.13. The van der Waals surface area contributed by atoms with Crippen LogP contribution >= 0.6 is 0 Å². The number of sulfonamides is 1. The Kier molecular flexibility index (Phi) is 5.30. The zero-order chi connectivity index (χ0) is 26.8. The van der Waals surface area contributed by atoms with Gasteiger partial charge in [0.1, 0.15) is 11.3 Å². The number of nitrogen functional groups attached to an aromatic ring is 1. The highest BCUT2D eigenvalue weighted by molar-refractivity contribution is 7.89. The summed E-state index contributed by atoms with van der Waals surface area (Å²) in [4.78, 5) is -0.135. The number of aromatic nitrogens is 3. The monoisotopic (exact) mass is 531 g/mol. The van der Waals surface area contributed by atoms with E-state index in [9.17, 15) is 8.42 Å². The lowest BCUT2D eigenvalue weighted by atomic mass is 9.98. The van der Waals surface area contributed by atoms with Crippen molar-refractivity contribution < 1.29 is 21.7 Å². The molecule has 4 aromatic carbocycles. The van der Waals surface area contributed by atoms with Crippen molar-refractivity contribution in [1.29, 1.82) is 0 Å². The Hall–Kier alpha value is -4.61. The highest BCUT2D eigenvalue weighted by Gasteiger charge is 2.21. The third-order valence-corrected chi connectivity index (χ3v) is 7.43. The number of nitrogens with two attached hydrogens (primary N) is 2. The minimum Gasteiger partial charge on any atom is -0.380 e. The molecule has 0 unspecified atom stereocenters. The molecule has 6 rings (SSSR count). The fraction of sp³-hybridized carbons (Fsp3) is 0.0370. The van der Waals surface area contributed by atoms with Crippen molar-refractivity contribution in [3.05, 3.63) is 90.1 Å². The van der Waals surface area contributed by atoms with Crippen LogP contribution in [0.3, 0.4) is 0 Å². The van der Waals surface area contributed by atoms with Gasteiger partial charge >= 0.3 is 0 Å². The van der Waals surface area contributed by atoms with Gasteiger partial charge in [-0.2, -0.15) is 5.10 Å². The summed E-state index contributed by atoms with van der Waals surface area (Å²) in [5.41, 5.74) is 8.19. The van der Waals surface area contributed by atoms with Crippen molar-refractivity contribution >= 4 is 37.7 Å². The van der Waals surface area contributed by atoms with Gasteiger partial charge in [0.05, 0.1) is 21.7 Å². The van der Waals surface area contributed by atoms with E-state index in [1.807, 2.05) is 0 Å². The van der Waals surface area contributed by atoms with Gasteiger partial charge in [0.25, 0.3) is 0 Å². The van der Waals surface area contributed by atoms with Gasteiger partial charge < -0.3 is 10.3 Å². The lowest BCUT2D eigenvalue weighted by Gasteiger charge is -2.12. The van der Waals surface area contributed by atoms with Gasteiger partial charge in [-0.25, -0.2) is 27.0 Å². The van der Waals surface area contributed by atoms with Crippen molar-refractivity contribution in [3.63, 3.8) is 0 Å². The van der Waals surface area contributed by atoms with Gasteiger partial charge in [-0.05, 0) is 42.8 Å². The molecule has 4 N–H and O–H groups in total. The maximum Gasteiger partial charge on any atom is 0.238 e. The second kappa shape index (κ2) is 8.47. The number of rotatable bonds is 4. The van der Waals surface area contributed by atoms with E-state index < -0.39 is 21.7 Å².